The molecule has 6 nitrogen and oxygen atoms in total. The Hall–Kier alpha value is -1.59. The SMILES string of the molecule is CCC(CC(C)(CC)C(=O)OC1(C)C2CC3CC(C2)CC1C3)C(=O)OC12CC3CC(C1)OC(=O)C(C3)C2. The number of carbonyl (C=O) groups is 3. The lowest BCUT2D eigenvalue weighted by Crippen LogP contribution is -2.59. The highest BCUT2D eigenvalue weighted by atomic mass is 16.6. The lowest BCUT2D eigenvalue weighted by atomic mass is 9.50. The Kier molecular flexibility index (Phi) is 6.23. The maximum Gasteiger partial charge on any atom is 0.312 e. The van der Waals surface area contributed by atoms with Gasteiger partial charge in [0.05, 0.1) is 17.3 Å². The standard InChI is InChI=1S/C31H46O6/c1-5-21(27(33)36-31-14-20-8-22(16-31)26(32)35-25(13-20)17-31)15-29(3,6-2)28(34)37-30(4)23-9-18-7-19(11-23)12-24(30)10-18/h18-25H,5-17H2,1-4H3. The van der Waals surface area contributed by atoms with Crippen molar-refractivity contribution in [2.45, 2.75) is 128 Å². The number of ether oxygens (including phenoxy) is 3. The van der Waals surface area contributed by atoms with Gasteiger partial charge in [0.2, 0.25) is 0 Å². The van der Waals surface area contributed by atoms with E-state index in [4.69, 9.17) is 14.2 Å². The number of hydrogen-bond acceptors (Lipinski definition) is 6. The van der Waals surface area contributed by atoms with Crippen molar-refractivity contribution in [1.29, 1.82) is 0 Å². The van der Waals surface area contributed by atoms with E-state index in [1.54, 1.807) is 0 Å². The first-order chi connectivity index (χ1) is 17.5. The van der Waals surface area contributed by atoms with E-state index >= 15 is 0 Å². The van der Waals surface area contributed by atoms with Crippen LogP contribution < -0.4 is 0 Å². The van der Waals surface area contributed by atoms with Crippen LogP contribution in [0.2, 0.25) is 0 Å². The van der Waals surface area contributed by atoms with E-state index in [-0.39, 0.29) is 41.4 Å². The summed E-state index contributed by atoms with van der Waals surface area (Å²) in [7, 11) is 0. The number of fused-ring (bicyclic) bond motifs is 1. The molecule has 6 heteroatoms. The van der Waals surface area contributed by atoms with Crippen molar-refractivity contribution < 1.29 is 28.6 Å². The summed E-state index contributed by atoms with van der Waals surface area (Å²) in [6.07, 6.45) is 11.5. The van der Waals surface area contributed by atoms with Crippen molar-refractivity contribution in [3.63, 3.8) is 0 Å². The summed E-state index contributed by atoms with van der Waals surface area (Å²) < 4.78 is 18.5. The Morgan fingerprint density at radius 1 is 0.946 bits per heavy atom. The maximum atomic E-state index is 13.8. The van der Waals surface area contributed by atoms with Crippen LogP contribution in [-0.4, -0.2) is 35.2 Å². The predicted octanol–water partition coefficient (Wildman–Crippen LogP) is 5.99. The van der Waals surface area contributed by atoms with Gasteiger partial charge in [0, 0.05) is 12.8 Å². The second-order valence-electron chi connectivity index (χ2n) is 14.4. The van der Waals surface area contributed by atoms with Crippen LogP contribution in [-0.2, 0) is 28.6 Å². The van der Waals surface area contributed by atoms with Crippen molar-refractivity contribution in [1.82, 2.24) is 0 Å². The van der Waals surface area contributed by atoms with Crippen LogP contribution in [0.25, 0.3) is 0 Å². The summed E-state index contributed by atoms with van der Waals surface area (Å²) in [4.78, 5) is 39.9. The normalized spacial score (nSPS) is 45.6. The quantitative estimate of drug-likeness (QED) is 0.292. The van der Waals surface area contributed by atoms with E-state index in [1.165, 1.54) is 32.1 Å². The molecular weight excluding hydrogens is 468 g/mol. The van der Waals surface area contributed by atoms with Crippen molar-refractivity contribution in [2.24, 2.45) is 46.8 Å². The van der Waals surface area contributed by atoms with Crippen LogP contribution >= 0.6 is 0 Å². The topological polar surface area (TPSA) is 78.9 Å². The fraction of sp³-hybridized carbons (Fsp3) is 0.903. The van der Waals surface area contributed by atoms with Crippen LogP contribution in [0.1, 0.15) is 111 Å². The summed E-state index contributed by atoms with van der Waals surface area (Å²) in [5.74, 6) is 1.99. The van der Waals surface area contributed by atoms with E-state index in [9.17, 15) is 14.4 Å². The van der Waals surface area contributed by atoms with Gasteiger partial charge >= 0.3 is 17.9 Å². The molecule has 8 bridgehead atoms. The first-order valence-corrected chi connectivity index (χ1v) is 15.2. The molecule has 0 aromatic carbocycles. The molecule has 2 aliphatic heterocycles. The molecule has 2 heterocycles. The summed E-state index contributed by atoms with van der Waals surface area (Å²) >= 11 is 0. The van der Waals surface area contributed by atoms with Crippen molar-refractivity contribution in [3.8, 4) is 0 Å². The van der Waals surface area contributed by atoms with Crippen LogP contribution in [0.5, 0.6) is 0 Å². The zero-order valence-electron chi connectivity index (χ0n) is 23.3. The molecule has 0 N–H and O–H groups in total. The predicted molar refractivity (Wildman–Crippen MR) is 137 cm³/mol. The zero-order valence-corrected chi connectivity index (χ0v) is 23.3. The molecule has 8 aliphatic rings. The molecule has 0 amide bonds. The van der Waals surface area contributed by atoms with Crippen LogP contribution in [0.15, 0.2) is 0 Å². The Bertz CT molecular complexity index is 929. The molecule has 6 atom stereocenters. The maximum absolute atomic E-state index is 13.8. The number of rotatable bonds is 8. The molecule has 6 unspecified atom stereocenters. The van der Waals surface area contributed by atoms with Crippen molar-refractivity contribution >= 4 is 17.9 Å². The van der Waals surface area contributed by atoms with Gasteiger partial charge in [-0.25, -0.2) is 0 Å². The van der Waals surface area contributed by atoms with E-state index < -0.39 is 11.0 Å². The average molecular weight is 515 g/mol. The molecule has 206 valence electrons. The summed E-state index contributed by atoms with van der Waals surface area (Å²) in [6.45, 7) is 8.21. The summed E-state index contributed by atoms with van der Waals surface area (Å²) in [5.41, 5.74) is -1.69. The average Bonchev–Trinajstić information content (AvgIpc) is 3.00. The lowest BCUT2D eigenvalue weighted by Gasteiger charge is -2.59. The zero-order chi connectivity index (χ0) is 26.2. The molecule has 8 rings (SSSR count). The highest BCUT2D eigenvalue weighted by Gasteiger charge is 2.58. The third-order valence-corrected chi connectivity index (χ3v) is 11.9. The number of esters is 3. The lowest BCUT2D eigenvalue weighted by molar-refractivity contribution is -0.213. The Morgan fingerprint density at radius 2 is 1.62 bits per heavy atom. The fourth-order valence-electron chi connectivity index (χ4n) is 9.72. The monoisotopic (exact) mass is 514 g/mol. The van der Waals surface area contributed by atoms with Gasteiger partial charge in [-0.3, -0.25) is 14.4 Å². The van der Waals surface area contributed by atoms with Crippen molar-refractivity contribution in [2.75, 3.05) is 0 Å². The van der Waals surface area contributed by atoms with E-state index in [2.05, 4.69) is 6.92 Å². The minimum Gasteiger partial charge on any atom is -0.462 e. The molecule has 0 spiro atoms. The van der Waals surface area contributed by atoms with Gasteiger partial charge in [0.25, 0.3) is 0 Å². The first-order valence-electron chi connectivity index (χ1n) is 15.2. The third kappa shape index (κ3) is 4.33. The van der Waals surface area contributed by atoms with Gasteiger partial charge in [0.1, 0.15) is 17.3 Å². The first kappa shape index (κ1) is 25.7. The van der Waals surface area contributed by atoms with E-state index in [0.29, 0.717) is 49.9 Å². The molecule has 0 aromatic heterocycles. The van der Waals surface area contributed by atoms with Crippen LogP contribution in [0.3, 0.4) is 0 Å². The van der Waals surface area contributed by atoms with Gasteiger partial charge in [-0.15, -0.1) is 0 Å². The fourth-order valence-corrected chi connectivity index (χ4v) is 9.72. The highest BCUT2D eigenvalue weighted by Crippen LogP contribution is 2.60. The molecule has 0 aromatic rings. The van der Waals surface area contributed by atoms with Gasteiger partial charge in [-0.1, -0.05) is 13.8 Å². The number of hydrogen-bond donors (Lipinski definition) is 0. The minimum absolute atomic E-state index is 0.114. The molecular formula is C31H46O6. The van der Waals surface area contributed by atoms with E-state index in [1.807, 2.05) is 20.8 Å². The van der Waals surface area contributed by atoms with Gasteiger partial charge in [-0.2, -0.15) is 0 Å². The smallest absolute Gasteiger partial charge is 0.312 e. The molecule has 6 aliphatic carbocycles. The second-order valence-corrected chi connectivity index (χ2v) is 14.4. The third-order valence-electron chi connectivity index (χ3n) is 11.9. The highest BCUT2D eigenvalue weighted by molar-refractivity contribution is 5.79. The summed E-state index contributed by atoms with van der Waals surface area (Å²) in [5, 5.41) is 0. The molecule has 2 saturated heterocycles. The van der Waals surface area contributed by atoms with E-state index in [0.717, 1.165) is 31.1 Å². The summed E-state index contributed by atoms with van der Waals surface area (Å²) in [6, 6.07) is 0. The van der Waals surface area contributed by atoms with Gasteiger partial charge in [0.15, 0.2) is 0 Å². The number of carbonyl (C=O) groups excluding carboxylic acids is 3. The second kappa shape index (κ2) is 8.98. The molecule has 37 heavy (non-hydrogen) atoms. The van der Waals surface area contributed by atoms with Gasteiger partial charge < -0.3 is 14.2 Å². The Labute approximate surface area is 221 Å². The van der Waals surface area contributed by atoms with Gasteiger partial charge in [-0.05, 0) is 114 Å². The van der Waals surface area contributed by atoms with Crippen molar-refractivity contribution in [3.05, 3.63) is 0 Å². The minimum atomic E-state index is -0.727. The Balaban J connectivity index is 1.14. The Morgan fingerprint density at radius 3 is 2.24 bits per heavy atom. The van der Waals surface area contributed by atoms with Crippen LogP contribution in [0.4, 0.5) is 0 Å². The molecule has 6 saturated carbocycles. The van der Waals surface area contributed by atoms with Crippen LogP contribution in [0, 0.1) is 46.8 Å². The molecule has 8 fully saturated rings. The molecule has 0 radical (unpaired) electrons. The largest absolute Gasteiger partial charge is 0.462 e.